The van der Waals surface area contributed by atoms with Crippen LogP contribution in [0.25, 0.3) is 0 Å². The highest BCUT2D eigenvalue weighted by Crippen LogP contribution is 2.20. The molecule has 0 saturated carbocycles. The third-order valence-corrected chi connectivity index (χ3v) is 4.01. The lowest BCUT2D eigenvalue weighted by Gasteiger charge is -2.05. The first-order chi connectivity index (χ1) is 9.49. The summed E-state index contributed by atoms with van der Waals surface area (Å²) in [6, 6.07) is 0. The van der Waals surface area contributed by atoms with Gasteiger partial charge in [0.05, 0.1) is 28.5 Å². The molecule has 2 rings (SSSR count). The minimum atomic E-state index is -0.0330. The van der Waals surface area contributed by atoms with E-state index in [-0.39, 0.29) is 5.91 Å². The van der Waals surface area contributed by atoms with Crippen LogP contribution in [0.1, 0.15) is 28.4 Å². The average Bonchev–Trinajstić information content (AvgIpc) is 2.88. The van der Waals surface area contributed by atoms with Crippen molar-refractivity contribution in [2.24, 2.45) is 0 Å². The molecule has 2 N–H and O–H groups in total. The maximum Gasteiger partial charge on any atom is 0.234 e. The number of aryl methyl sites for hydroxylation is 4. The van der Waals surface area contributed by atoms with Gasteiger partial charge in [0.15, 0.2) is 0 Å². The van der Waals surface area contributed by atoms with Crippen LogP contribution < -0.4 is 5.32 Å². The van der Waals surface area contributed by atoms with Gasteiger partial charge < -0.3 is 9.84 Å². The molecule has 0 saturated heterocycles. The first-order valence-corrected chi connectivity index (χ1v) is 7.45. The zero-order valence-corrected chi connectivity index (χ0v) is 12.8. The lowest BCUT2D eigenvalue weighted by atomic mass is 10.2. The van der Waals surface area contributed by atoms with Gasteiger partial charge >= 0.3 is 0 Å². The number of amides is 1. The largest absolute Gasteiger partial charge is 0.361 e. The van der Waals surface area contributed by atoms with Crippen molar-refractivity contribution in [3.8, 4) is 0 Å². The van der Waals surface area contributed by atoms with Crippen molar-refractivity contribution in [3.63, 3.8) is 0 Å². The number of aromatic nitrogens is 3. The number of nitrogens with one attached hydrogen (secondary N) is 2. The molecule has 7 heteroatoms. The van der Waals surface area contributed by atoms with Crippen LogP contribution in [-0.2, 0) is 10.5 Å². The Morgan fingerprint density at radius 3 is 2.60 bits per heavy atom. The van der Waals surface area contributed by atoms with Crippen LogP contribution in [-0.4, -0.2) is 27.0 Å². The third kappa shape index (κ3) is 3.22. The number of nitrogens with zero attached hydrogens (tertiary/aromatic N) is 2. The maximum absolute atomic E-state index is 11.9. The van der Waals surface area contributed by atoms with Gasteiger partial charge in [-0.05, 0) is 27.7 Å². The minimum Gasteiger partial charge on any atom is -0.361 e. The molecule has 108 valence electrons. The van der Waals surface area contributed by atoms with E-state index >= 15 is 0 Å². The predicted molar refractivity (Wildman–Crippen MR) is 78.8 cm³/mol. The Hall–Kier alpha value is -1.76. The van der Waals surface area contributed by atoms with Crippen LogP contribution in [0, 0.1) is 27.7 Å². The van der Waals surface area contributed by atoms with Crippen molar-refractivity contribution in [1.29, 1.82) is 0 Å². The molecule has 20 heavy (non-hydrogen) atoms. The summed E-state index contributed by atoms with van der Waals surface area (Å²) in [6.45, 7) is 7.53. The van der Waals surface area contributed by atoms with Gasteiger partial charge in [-0.3, -0.25) is 9.89 Å². The van der Waals surface area contributed by atoms with E-state index in [4.69, 9.17) is 4.52 Å². The number of hydrogen-bond acceptors (Lipinski definition) is 5. The van der Waals surface area contributed by atoms with Crippen LogP contribution in [0.4, 0.5) is 5.69 Å². The topological polar surface area (TPSA) is 83.8 Å². The Labute approximate surface area is 121 Å². The Kier molecular flexibility index (Phi) is 4.49. The van der Waals surface area contributed by atoms with Crippen LogP contribution in [0.15, 0.2) is 4.52 Å². The molecule has 2 aromatic heterocycles. The van der Waals surface area contributed by atoms with Crippen LogP contribution >= 0.6 is 11.8 Å². The van der Waals surface area contributed by atoms with E-state index in [1.54, 1.807) is 0 Å². The molecule has 6 nitrogen and oxygen atoms in total. The molecule has 0 unspecified atom stereocenters. The number of carbonyl (C=O) groups is 1. The number of aromatic amines is 1. The summed E-state index contributed by atoms with van der Waals surface area (Å²) in [5.74, 6) is 1.89. The number of anilines is 1. The summed E-state index contributed by atoms with van der Waals surface area (Å²) in [7, 11) is 0. The second-order valence-electron chi connectivity index (χ2n) is 4.65. The van der Waals surface area contributed by atoms with E-state index in [1.807, 2.05) is 27.7 Å². The summed E-state index contributed by atoms with van der Waals surface area (Å²) in [4.78, 5) is 11.9. The van der Waals surface area contributed by atoms with Crippen LogP contribution in [0.2, 0.25) is 0 Å². The molecule has 0 spiro atoms. The first-order valence-electron chi connectivity index (χ1n) is 6.30. The van der Waals surface area contributed by atoms with Crippen molar-refractivity contribution >= 4 is 23.4 Å². The Morgan fingerprint density at radius 1 is 1.30 bits per heavy atom. The van der Waals surface area contributed by atoms with Gasteiger partial charge in [0.2, 0.25) is 5.91 Å². The highest BCUT2D eigenvalue weighted by Gasteiger charge is 2.12. The summed E-state index contributed by atoms with van der Waals surface area (Å²) in [5.41, 5.74) is 4.39. The first kappa shape index (κ1) is 14.6. The lowest BCUT2D eigenvalue weighted by molar-refractivity contribution is -0.113. The fourth-order valence-corrected chi connectivity index (χ4v) is 2.84. The van der Waals surface area contributed by atoms with Gasteiger partial charge in [0.25, 0.3) is 0 Å². The van der Waals surface area contributed by atoms with E-state index in [0.29, 0.717) is 5.75 Å². The fraction of sp³-hybridized carbons (Fsp3) is 0.462. The number of hydrogen-bond donors (Lipinski definition) is 2. The summed E-state index contributed by atoms with van der Waals surface area (Å²) < 4.78 is 5.09. The lowest BCUT2D eigenvalue weighted by Crippen LogP contribution is -2.15. The third-order valence-electron chi connectivity index (χ3n) is 3.05. The number of H-pyrrole nitrogens is 1. The molecule has 0 bridgehead atoms. The van der Waals surface area contributed by atoms with Gasteiger partial charge in [0, 0.05) is 11.3 Å². The van der Waals surface area contributed by atoms with Crippen LogP contribution in [0.3, 0.4) is 0 Å². The van der Waals surface area contributed by atoms with Crippen molar-refractivity contribution < 1.29 is 9.32 Å². The Morgan fingerprint density at radius 2 is 2.05 bits per heavy atom. The molecule has 2 heterocycles. The summed E-state index contributed by atoms with van der Waals surface area (Å²) in [6.07, 6.45) is 0. The Bertz CT molecular complexity index is 579. The Balaban J connectivity index is 1.84. The zero-order valence-electron chi connectivity index (χ0n) is 12.0. The molecule has 0 atom stereocenters. The highest BCUT2D eigenvalue weighted by molar-refractivity contribution is 7.99. The van der Waals surface area contributed by atoms with E-state index in [1.165, 1.54) is 11.8 Å². The van der Waals surface area contributed by atoms with Crippen molar-refractivity contribution in [1.82, 2.24) is 15.4 Å². The molecule has 0 aliphatic carbocycles. The molecule has 0 aromatic carbocycles. The molecular formula is C13H18N4O2S. The maximum atomic E-state index is 11.9. The number of thioether (sulfide) groups is 1. The van der Waals surface area contributed by atoms with Crippen LogP contribution in [0.5, 0.6) is 0 Å². The zero-order chi connectivity index (χ0) is 14.7. The second kappa shape index (κ2) is 6.13. The summed E-state index contributed by atoms with van der Waals surface area (Å²) in [5, 5.41) is 13.7. The van der Waals surface area contributed by atoms with Crippen molar-refractivity contribution in [2.45, 2.75) is 33.4 Å². The molecule has 0 radical (unpaired) electrons. The fourth-order valence-electron chi connectivity index (χ4n) is 1.86. The second-order valence-corrected chi connectivity index (χ2v) is 5.64. The smallest absolute Gasteiger partial charge is 0.234 e. The highest BCUT2D eigenvalue weighted by atomic mass is 32.2. The molecule has 0 fully saturated rings. The van der Waals surface area contributed by atoms with Crippen molar-refractivity contribution in [3.05, 3.63) is 28.4 Å². The standard InChI is InChI=1S/C13H18N4O2S/c1-7-11(10(4)19-17-7)5-20-6-12(18)14-13-8(2)15-16-9(13)3/h5-6H2,1-4H3,(H,14,18)(H,15,16). The molecule has 2 aromatic rings. The van der Waals surface area contributed by atoms with Gasteiger partial charge in [0.1, 0.15) is 5.76 Å². The average molecular weight is 294 g/mol. The van der Waals surface area contributed by atoms with Crippen molar-refractivity contribution in [2.75, 3.05) is 11.1 Å². The van der Waals surface area contributed by atoms with Gasteiger partial charge in [-0.25, -0.2) is 0 Å². The van der Waals surface area contributed by atoms with E-state index in [9.17, 15) is 4.79 Å². The normalized spacial score (nSPS) is 10.8. The molecule has 0 aliphatic heterocycles. The number of rotatable bonds is 5. The molecule has 1 amide bonds. The minimum absolute atomic E-state index is 0.0330. The molecular weight excluding hydrogens is 276 g/mol. The SMILES string of the molecule is Cc1noc(C)c1CSCC(=O)Nc1c(C)n[nH]c1C. The van der Waals surface area contributed by atoms with Gasteiger partial charge in [-0.15, -0.1) is 11.8 Å². The van der Waals surface area contributed by atoms with E-state index in [2.05, 4.69) is 20.7 Å². The monoisotopic (exact) mass is 294 g/mol. The van der Waals surface area contributed by atoms with E-state index in [0.717, 1.165) is 39.8 Å². The predicted octanol–water partition coefficient (Wildman–Crippen LogP) is 2.50. The molecule has 0 aliphatic rings. The van der Waals surface area contributed by atoms with Gasteiger partial charge in [-0.2, -0.15) is 5.10 Å². The van der Waals surface area contributed by atoms with E-state index < -0.39 is 0 Å². The number of carbonyl (C=O) groups excluding carboxylic acids is 1. The quantitative estimate of drug-likeness (QED) is 0.885. The van der Waals surface area contributed by atoms with Gasteiger partial charge in [-0.1, -0.05) is 5.16 Å². The summed E-state index contributed by atoms with van der Waals surface area (Å²) >= 11 is 1.54.